The molecular formula is C21H23NO3S. The molecule has 1 fully saturated rings. The number of hydrogen-bond donors (Lipinski definition) is 0. The van der Waals surface area contributed by atoms with Crippen LogP contribution >= 0.6 is 11.8 Å². The van der Waals surface area contributed by atoms with E-state index in [1.165, 1.54) is 18.1 Å². The van der Waals surface area contributed by atoms with Gasteiger partial charge in [-0.1, -0.05) is 24.3 Å². The van der Waals surface area contributed by atoms with Crippen LogP contribution in [0, 0.1) is 6.92 Å². The Morgan fingerprint density at radius 1 is 1.08 bits per heavy atom. The highest BCUT2D eigenvalue weighted by Gasteiger charge is 2.23. The van der Waals surface area contributed by atoms with Gasteiger partial charge < -0.3 is 9.64 Å². The Balaban J connectivity index is 1.66. The number of ether oxygens (including phenoxy) is 1. The van der Waals surface area contributed by atoms with Crippen molar-refractivity contribution in [1.82, 2.24) is 4.90 Å². The third-order valence-electron chi connectivity index (χ3n) is 4.53. The molecule has 0 N–H and O–H groups in total. The van der Waals surface area contributed by atoms with Crippen molar-refractivity contribution >= 4 is 23.6 Å². The topological polar surface area (TPSA) is 46.6 Å². The van der Waals surface area contributed by atoms with E-state index < -0.39 is 0 Å². The van der Waals surface area contributed by atoms with Crippen molar-refractivity contribution in [3.8, 4) is 5.75 Å². The fourth-order valence-electron chi connectivity index (χ4n) is 3.18. The summed E-state index contributed by atoms with van der Waals surface area (Å²) < 4.78 is 5.02. The summed E-state index contributed by atoms with van der Waals surface area (Å²) in [5.41, 5.74) is 3.31. The number of aryl methyl sites for hydroxylation is 1. The zero-order chi connectivity index (χ0) is 18.5. The standard InChI is InChI=1S/C21H23NO3S/c1-15-5-3-4-6-19(15)20-11-12-22(13-14-26-20)21(24)17-7-9-18(10-8-17)25-16(2)23/h3-10,20H,11-14H2,1-2H3. The van der Waals surface area contributed by atoms with Crippen LogP contribution in [0.25, 0.3) is 0 Å². The molecule has 5 heteroatoms. The number of carbonyl (C=O) groups is 2. The molecule has 136 valence electrons. The second-order valence-corrected chi connectivity index (χ2v) is 7.73. The largest absolute Gasteiger partial charge is 0.427 e. The van der Waals surface area contributed by atoms with Crippen molar-refractivity contribution in [3.63, 3.8) is 0 Å². The van der Waals surface area contributed by atoms with E-state index in [1.54, 1.807) is 24.3 Å². The molecule has 0 bridgehead atoms. The maximum absolute atomic E-state index is 12.8. The molecule has 1 saturated heterocycles. The number of thioether (sulfide) groups is 1. The fraction of sp³-hybridized carbons (Fsp3) is 0.333. The summed E-state index contributed by atoms with van der Waals surface area (Å²) in [5, 5.41) is 0.431. The summed E-state index contributed by atoms with van der Waals surface area (Å²) >= 11 is 1.93. The van der Waals surface area contributed by atoms with Gasteiger partial charge in [-0.15, -0.1) is 0 Å². The molecule has 2 aromatic rings. The van der Waals surface area contributed by atoms with Crippen molar-refractivity contribution < 1.29 is 14.3 Å². The monoisotopic (exact) mass is 369 g/mol. The quantitative estimate of drug-likeness (QED) is 0.600. The minimum absolute atomic E-state index is 0.0328. The molecule has 0 radical (unpaired) electrons. The zero-order valence-electron chi connectivity index (χ0n) is 15.1. The summed E-state index contributed by atoms with van der Waals surface area (Å²) in [4.78, 5) is 25.7. The Morgan fingerprint density at radius 3 is 2.50 bits per heavy atom. The van der Waals surface area contributed by atoms with Gasteiger partial charge in [-0.3, -0.25) is 9.59 Å². The van der Waals surface area contributed by atoms with E-state index >= 15 is 0 Å². The third-order valence-corrected chi connectivity index (χ3v) is 5.84. The number of amides is 1. The van der Waals surface area contributed by atoms with E-state index in [4.69, 9.17) is 4.74 Å². The average molecular weight is 369 g/mol. The number of rotatable bonds is 3. The van der Waals surface area contributed by atoms with Crippen LogP contribution in [-0.4, -0.2) is 35.6 Å². The van der Waals surface area contributed by atoms with Gasteiger partial charge >= 0.3 is 5.97 Å². The molecular weight excluding hydrogens is 346 g/mol. The normalized spacial score (nSPS) is 17.5. The summed E-state index contributed by atoms with van der Waals surface area (Å²) in [6, 6.07) is 15.3. The lowest BCUT2D eigenvalue weighted by Gasteiger charge is -2.21. The molecule has 1 heterocycles. The van der Waals surface area contributed by atoms with Gasteiger partial charge in [0.2, 0.25) is 0 Å². The first-order valence-corrected chi connectivity index (χ1v) is 9.84. The summed E-state index contributed by atoms with van der Waals surface area (Å²) in [7, 11) is 0. The number of benzene rings is 2. The van der Waals surface area contributed by atoms with Crippen LogP contribution in [0.3, 0.4) is 0 Å². The highest BCUT2D eigenvalue weighted by Crippen LogP contribution is 2.36. The Bertz CT molecular complexity index is 788. The van der Waals surface area contributed by atoms with E-state index in [9.17, 15) is 9.59 Å². The Hall–Kier alpha value is -2.27. The van der Waals surface area contributed by atoms with Crippen molar-refractivity contribution in [1.29, 1.82) is 0 Å². The highest BCUT2D eigenvalue weighted by atomic mass is 32.2. The summed E-state index contributed by atoms with van der Waals surface area (Å²) in [6.07, 6.45) is 0.951. The lowest BCUT2D eigenvalue weighted by atomic mass is 10.0. The van der Waals surface area contributed by atoms with E-state index in [0.717, 1.165) is 25.3 Å². The van der Waals surface area contributed by atoms with Crippen LogP contribution in [0.15, 0.2) is 48.5 Å². The number of esters is 1. The Labute approximate surface area is 158 Å². The zero-order valence-corrected chi connectivity index (χ0v) is 15.9. The van der Waals surface area contributed by atoms with Crippen LogP contribution in [0.5, 0.6) is 5.75 Å². The Kier molecular flexibility index (Phi) is 5.99. The summed E-state index contributed by atoms with van der Waals surface area (Å²) in [6.45, 7) is 5.00. The van der Waals surface area contributed by atoms with Gasteiger partial charge in [-0.2, -0.15) is 11.8 Å². The van der Waals surface area contributed by atoms with Gasteiger partial charge in [0, 0.05) is 36.6 Å². The van der Waals surface area contributed by atoms with Gasteiger partial charge in [0.1, 0.15) is 5.75 Å². The average Bonchev–Trinajstić information content (AvgIpc) is 2.88. The third kappa shape index (κ3) is 4.47. The molecule has 26 heavy (non-hydrogen) atoms. The van der Waals surface area contributed by atoms with Crippen LogP contribution < -0.4 is 4.74 Å². The van der Waals surface area contributed by atoms with Crippen molar-refractivity contribution in [2.75, 3.05) is 18.8 Å². The van der Waals surface area contributed by atoms with Crippen LogP contribution in [0.4, 0.5) is 0 Å². The molecule has 1 atom stereocenters. The van der Waals surface area contributed by atoms with Gasteiger partial charge in [-0.05, 0) is 48.7 Å². The minimum Gasteiger partial charge on any atom is -0.427 e. The minimum atomic E-state index is -0.365. The van der Waals surface area contributed by atoms with Crippen molar-refractivity contribution in [2.45, 2.75) is 25.5 Å². The SMILES string of the molecule is CC(=O)Oc1ccc(C(=O)N2CCSC(c3ccccc3C)CC2)cc1. The number of hydrogen-bond acceptors (Lipinski definition) is 4. The molecule has 1 aliphatic heterocycles. The van der Waals surface area contributed by atoms with Gasteiger partial charge in [0.05, 0.1) is 0 Å². The Morgan fingerprint density at radius 2 is 1.81 bits per heavy atom. The van der Waals surface area contributed by atoms with E-state index in [2.05, 4.69) is 31.2 Å². The van der Waals surface area contributed by atoms with E-state index in [-0.39, 0.29) is 11.9 Å². The van der Waals surface area contributed by atoms with E-state index in [1.807, 2.05) is 16.7 Å². The van der Waals surface area contributed by atoms with Crippen molar-refractivity contribution in [2.24, 2.45) is 0 Å². The maximum atomic E-state index is 12.8. The second kappa shape index (κ2) is 8.41. The number of carbonyl (C=O) groups excluding carboxylic acids is 2. The molecule has 0 spiro atoms. The van der Waals surface area contributed by atoms with Gasteiger partial charge in [0.25, 0.3) is 5.91 Å². The number of nitrogens with zero attached hydrogens (tertiary/aromatic N) is 1. The maximum Gasteiger partial charge on any atom is 0.308 e. The molecule has 1 amide bonds. The highest BCUT2D eigenvalue weighted by molar-refractivity contribution is 7.99. The molecule has 1 aliphatic rings. The summed E-state index contributed by atoms with van der Waals surface area (Å²) in [5.74, 6) is 1.05. The predicted molar refractivity (Wildman–Crippen MR) is 105 cm³/mol. The first-order valence-electron chi connectivity index (χ1n) is 8.79. The van der Waals surface area contributed by atoms with Gasteiger partial charge in [0.15, 0.2) is 0 Å². The van der Waals surface area contributed by atoms with Crippen molar-refractivity contribution in [3.05, 3.63) is 65.2 Å². The lowest BCUT2D eigenvalue weighted by Crippen LogP contribution is -2.32. The van der Waals surface area contributed by atoms with Crippen LogP contribution in [0.2, 0.25) is 0 Å². The predicted octanol–water partition coefficient (Wildman–Crippen LogP) is 4.24. The van der Waals surface area contributed by atoms with Gasteiger partial charge in [-0.25, -0.2) is 0 Å². The van der Waals surface area contributed by atoms with Crippen LogP contribution in [0.1, 0.15) is 40.1 Å². The first-order chi connectivity index (χ1) is 12.5. The molecule has 3 rings (SSSR count). The first kappa shape index (κ1) is 18.5. The lowest BCUT2D eigenvalue weighted by molar-refractivity contribution is -0.131. The molecule has 0 aromatic heterocycles. The second-order valence-electron chi connectivity index (χ2n) is 6.41. The van der Waals surface area contributed by atoms with E-state index in [0.29, 0.717) is 16.6 Å². The fourth-order valence-corrected chi connectivity index (χ4v) is 4.51. The molecule has 4 nitrogen and oxygen atoms in total. The molecule has 1 unspecified atom stereocenters. The molecule has 2 aromatic carbocycles. The molecule has 0 aliphatic carbocycles. The van der Waals surface area contributed by atoms with Crippen LogP contribution in [-0.2, 0) is 4.79 Å². The smallest absolute Gasteiger partial charge is 0.308 e. The molecule has 0 saturated carbocycles.